The van der Waals surface area contributed by atoms with Crippen molar-refractivity contribution in [3.05, 3.63) is 71.3 Å². The number of carbonyl (C=O) groups is 3. The van der Waals surface area contributed by atoms with Gasteiger partial charge in [-0.25, -0.2) is 14.8 Å². The fraction of sp³-hybridized carbons (Fsp3) is 0.423. The van der Waals surface area contributed by atoms with Gasteiger partial charge in [0.15, 0.2) is 0 Å². The van der Waals surface area contributed by atoms with Gasteiger partial charge >= 0.3 is 12.2 Å². The van der Waals surface area contributed by atoms with Crippen LogP contribution >= 0.6 is 11.8 Å². The van der Waals surface area contributed by atoms with E-state index in [-0.39, 0.29) is 38.0 Å². The van der Waals surface area contributed by atoms with E-state index in [0.717, 1.165) is 17.7 Å². The van der Waals surface area contributed by atoms with Gasteiger partial charge in [-0.2, -0.15) is 24.9 Å². The number of carbonyl (C=O) groups excluding carboxylic acids is 3. The second-order valence-corrected chi connectivity index (χ2v) is 10.3. The Morgan fingerprint density at radius 3 is 2.47 bits per heavy atom. The van der Waals surface area contributed by atoms with Gasteiger partial charge in [-0.15, -0.1) is 0 Å². The highest BCUT2D eigenvalue weighted by Crippen LogP contribution is 2.32. The third kappa shape index (κ3) is 6.07. The highest BCUT2D eigenvalue weighted by atomic mass is 32.2. The van der Waals surface area contributed by atoms with Gasteiger partial charge in [0, 0.05) is 20.1 Å². The maximum Gasteiger partial charge on any atom is 0.416 e. The van der Waals surface area contributed by atoms with Crippen molar-refractivity contribution in [1.29, 1.82) is 0 Å². The molecule has 0 aliphatic carbocycles. The van der Waals surface area contributed by atoms with Crippen molar-refractivity contribution < 1.29 is 27.6 Å². The quantitative estimate of drug-likeness (QED) is 0.573. The number of piperazine rings is 1. The Bertz CT molecular complexity index is 1170. The minimum absolute atomic E-state index is 0.0281. The highest BCUT2D eigenvalue weighted by molar-refractivity contribution is 7.98. The van der Waals surface area contributed by atoms with Gasteiger partial charge in [-0.05, 0) is 41.7 Å². The second kappa shape index (κ2) is 11.6. The maximum absolute atomic E-state index is 13.6. The molecule has 0 spiro atoms. The molecule has 4 rings (SSSR count). The van der Waals surface area contributed by atoms with Crippen LogP contribution in [-0.4, -0.2) is 82.0 Å². The Labute approximate surface area is 223 Å². The van der Waals surface area contributed by atoms with Crippen LogP contribution in [0.4, 0.5) is 18.0 Å². The number of fused-ring (bicyclic) bond motifs is 1. The van der Waals surface area contributed by atoms with Crippen LogP contribution in [0.2, 0.25) is 0 Å². The summed E-state index contributed by atoms with van der Waals surface area (Å²) in [6.45, 7) is 0.0965. The Morgan fingerprint density at radius 1 is 1.08 bits per heavy atom. The van der Waals surface area contributed by atoms with Gasteiger partial charge in [-0.3, -0.25) is 9.59 Å². The SMILES string of the molecule is CSCC[C@H]1C(=O)N(Cc2cccc(C(F)(F)F)c2)CC2N1C(=O)CN(C)N2C(=O)NCc1ccccc1. The predicted molar refractivity (Wildman–Crippen MR) is 137 cm³/mol. The van der Waals surface area contributed by atoms with E-state index in [9.17, 15) is 27.6 Å². The van der Waals surface area contributed by atoms with E-state index in [1.165, 1.54) is 43.7 Å². The molecule has 2 aliphatic rings. The number of benzene rings is 2. The largest absolute Gasteiger partial charge is 0.416 e. The number of urea groups is 1. The summed E-state index contributed by atoms with van der Waals surface area (Å²) in [6.07, 6.45) is -3.05. The van der Waals surface area contributed by atoms with Gasteiger partial charge in [0.1, 0.15) is 12.2 Å². The molecule has 1 N–H and O–H groups in total. The average Bonchev–Trinajstić information content (AvgIpc) is 2.88. The van der Waals surface area contributed by atoms with E-state index >= 15 is 0 Å². The van der Waals surface area contributed by atoms with E-state index in [0.29, 0.717) is 17.7 Å². The lowest BCUT2D eigenvalue weighted by molar-refractivity contribution is -0.187. The summed E-state index contributed by atoms with van der Waals surface area (Å²) in [5.41, 5.74) is 0.423. The summed E-state index contributed by atoms with van der Waals surface area (Å²) in [5, 5.41) is 5.83. The Morgan fingerprint density at radius 2 is 1.79 bits per heavy atom. The molecule has 4 amide bonds. The summed E-state index contributed by atoms with van der Waals surface area (Å²) in [6, 6.07) is 13.0. The first-order valence-corrected chi connectivity index (χ1v) is 13.6. The molecule has 2 aliphatic heterocycles. The molecule has 38 heavy (non-hydrogen) atoms. The second-order valence-electron chi connectivity index (χ2n) is 9.30. The Kier molecular flexibility index (Phi) is 8.51. The summed E-state index contributed by atoms with van der Waals surface area (Å²) in [7, 11) is 1.63. The topological polar surface area (TPSA) is 76.2 Å². The smallest absolute Gasteiger partial charge is 0.333 e. The fourth-order valence-corrected chi connectivity index (χ4v) is 5.33. The van der Waals surface area contributed by atoms with E-state index in [4.69, 9.17) is 0 Å². The number of nitrogens with zero attached hydrogens (tertiary/aromatic N) is 4. The predicted octanol–water partition coefficient (Wildman–Crippen LogP) is 3.40. The van der Waals surface area contributed by atoms with Crippen LogP contribution in [0, 0.1) is 0 Å². The van der Waals surface area contributed by atoms with Crippen LogP contribution < -0.4 is 5.32 Å². The van der Waals surface area contributed by atoms with Crippen molar-refractivity contribution >= 4 is 29.6 Å². The van der Waals surface area contributed by atoms with Crippen molar-refractivity contribution in [3.8, 4) is 0 Å². The molecule has 0 bridgehead atoms. The van der Waals surface area contributed by atoms with E-state index < -0.39 is 30.0 Å². The number of hydrogen-bond acceptors (Lipinski definition) is 5. The molecule has 8 nitrogen and oxygen atoms in total. The van der Waals surface area contributed by atoms with E-state index in [1.54, 1.807) is 7.05 Å². The van der Waals surface area contributed by atoms with Crippen LogP contribution in [0.3, 0.4) is 0 Å². The van der Waals surface area contributed by atoms with Crippen LogP contribution in [0.1, 0.15) is 23.1 Å². The number of likely N-dealkylation sites (N-methyl/N-ethyl adjacent to an activating group) is 1. The molecular weight excluding hydrogens is 519 g/mol. The molecular formula is C26H30F3N5O3S. The van der Waals surface area contributed by atoms with Gasteiger partial charge in [0.25, 0.3) is 0 Å². The third-order valence-electron chi connectivity index (χ3n) is 6.66. The fourth-order valence-electron chi connectivity index (χ4n) is 4.87. The summed E-state index contributed by atoms with van der Waals surface area (Å²) >= 11 is 1.52. The third-order valence-corrected chi connectivity index (χ3v) is 7.30. The molecule has 0 saturated carbocycles. The average molecular weight is 550 g/mol. The number of amides is 4. The van der Waals surface area contributed by atoms with E-state index in [1.807, 2.05) is 36.6 Å². The first-order valence-electron chi connectivity index (χ1n) is 12.2. The highest BCUT2D eigenvalue weighted by Gasteiger charge is 2.50. The van der Waals surface area contributed by atoms with Crippen molar-refractivity contribution in [3.63, 3.8) is 0 Å². The minimum atomic E-state index is -4.51. The van der Waals surface area contributed by atoms with E-state index in [2.05, 4.69) is 5.32 Å². The van der Waals surface area contributed by atoms with Crippen molar-refractivity contribution in [2.24, 2.45) is 0 Å². The van der Waals surface area contributed by atoms with Gasteiger partial charge in [-0.1, -0.05) is 42.5 Å². The van der Waals surface area contributed by atoms with Crippen LogP contribution in [0.15, 0.2) is 54.6 Å². The molecule has 0 aromatic heterocycles. The van der Waals surface area contributed by atoms with Crippen LogP contribution in [0.25, 0.3) is 0 Å². The lowest BCUT2D eigenvalue weighted by Gasteiger charge is -2.54. The normalized spacial score (nSPS) is 20.5. The number of halogens is 3. The standard InChI is InChI=1S/C26H30F3N5O3S/c1-31-17-23(35)33-21(11-12-38-2)24(36)32(15-19-9-6-10-20(13-19)26(27,28)29)16-22(33)34(31)25(37)30-14-18-7-4-3-5-8-18/h3-10,13,21-22H,11-12,14-17H2,1-2H3,(H,30,37)/t21-,22?/m0/s1. The van der Waals surface area contributed by atoms with Crippen LogP contribution in [0.5, 0.6) is 0 Å². The lowest BCUT2D eigenvalue weighted by Crippen LogP contribution is -2.75. The first kappa shape index (κ1) is 27.8. The molecule has 2 aromatic carbocycles. The zero-order valence-corrected chi connectivity index (χ0v) is 22.0. The number of nitrogens with one attached hydrogen (secondary N) is 1. The van der Waals surface area contributed by atoms with Crippen molar-refractivity contribution in [2.45, 2.75) is 37.9 Å². The molecule has 2 aromatic rings. The Balaban J connectivity index is 1.61. The minimum Gasteiger partial charge on any atom is -0.333 e. The first-order chi connectivity index (χ1) is 18.1. The van der Waals surface area contributed by atoms with Crippen LogP contribution in [-0.2, 0) is 28.9 Å². The Hall–Kier alpha value is -3.25. The number of thioether (sulfide) groups is 1. The molecule has 2 heterocycles. The van der Waals surface area contributed by atoms with Crippen molar-refractivity contribution in [2.75, 3.05) is 32.1 Å². The number of rotatable bonds is 7. The molecule has 204 valence electrons. The number of hydrazine groups is 1. The molecule has 0 radical (unpaired) electrons. The lowest BCUT2D eigenvalue weighted by atomic mass is 10.0. The molecule has 2 fully saturated rings. The zero-order valence-electron chi connectivity index (χ0n) is 21.1. The summed E-state index contributed by atoms with van der Waals surface area (Å²) in [5.74, 6) is -0.0154. The summed E-state index contributed by atoms with van der Waals surface area (Å²) < 4.78 is 39.9. The molecule has 12 heteroatoms. The maximum atomic E-state index is 13.6. The number of hydrogen-bond donors (Lipinski definition) is 1. The molecule has 2 saturated heterocycles. The monoisotopic (exact) mass is 549 g/mol. The molecule has 2 atom stereocenters. The van der Waals surface area contributed by atoms with Gasteiger partial charge < -0.3 is 15.1 Å². The zero-order chi connectivity index (χ0) is 27.4. The van der Waals surface area contributed by atoms with Crippen molar-refractivity contribution in [1.82, 2.24) is 25.1 Å². The van der Waals surface area contributed by atoms with Gasteiger partial charge in [0.05, 0.1) is 18.7 Å². The van der Waals surface area contributed by atoms with Gasteiger partial charge in [0.2, 0.25) is 11.8 Å². The molecule has 1 unspecified atom stereocenters. The summed E-state index contributed by atoms with van der Waals surface area (Å²) in [4.78, 5) is 43.0. The number of alkyl halides is 3.